The van der Waals surface area contributed by atoms with Crippen LogP contribution in [0.25, 0.3) is 11.3 Å². The largest absolute Gasteiger partial charge is 0.486 e. The first-order chi connectivity index (χ1) is 10.9. The lowest BCUT2D eigenvalue weighted by Gasteiger charge is -2.18. The van der Waals surface area contributed by atoms with E-state index in [1.807, 2.05) is 18.2 Å². The number of thiazole rings is 1. The van der Waals surface area contributed by atoms with Crippen LogP contribution in [0.3, 0.4) is 0 Å². The van der Waals surface area contributed by atoms with E-state index in [0.717, 1.165) is 53.9 Å². The summed E-state index contributed by atoms with van der Waals surface area (Å²) in [5.74, 6) is 1.60. The fourth-order valence-electron chi connectivity index (χ4n) is 2.70. The van der Waals surface area contributed by atoms with Crippen LogP contribution >= 0.6 is 11.3 Å². The molecule has 1 saturated heterocycles. The molecule has 3 heterocycles. The highest BCUT2D eigenvalue weighted by Crippen LogP contribution is 2.35. The highest BCUT2D eigenvalue weighted by atomic mass is 32.1. The highest BCUT2D eigenvalue weighted by molar-refractivity contribution is 7.14. The van der Waals surface area contributed by atoms with Crippen molar-refractivity contribution >= 4 is 16.5 Å². The molecule has 5 nitrogen and oxygen atoms in total. The Balaban J connectivity index is 1.46. The molecule has 2 aromatic rings. The molecular weight excluding hydrogens is 300 g/mol. The predicted octanol–water partition coefficient (Wildman–Crippen LogP) is 3.17. The van der Waals surface area contributed by atoms with Crippen LogP contribution in [-0.4, -0.2) is 37.5 Å². The molecule has 1 aromatic carbocycles. The molecule has 6 heteroatoms. The second kappa shape index (κ2) is 6.14. The lowest BCUT2D eigenvalue weighted by Crippen LogP contribution is -2.18. The molecule has 1 aromatic heterocycles. The molecule has 0 unspecified atom stereocenters. The van der Waals surface area contributed by atoms with Gasteiger partial charge in [0.15, 0.2) is 16.6 Å². The maximum atomic E-state index is 5.63. The van der Waals surface area contributed by atoms with E-state index in [0.29, 0.717) is 19.3 Å². The van der Waals surface area contributed by atoms with Crippen LogP contribution in [0.1, 0.15) is 12.8 Å². The highest BCUT2D eigenvalue weighted by Gasteiger charge is 2.16. The SMILES string of the molecule is c1cc2c(cc1-c1csc(NC[C@H]3CCCO3)n1)OCCO2. The maximum Gasteiger partial charge on any atom is 0.183 e. The van der Waals surface area contributed by atoms with E-state index < -0.39 is 0 Å². The maximum absolute atomic E-state index is 5.63. The van der Waals surface area contributed by atoms with E-state index >= 15 is 0 Å². The van der Waals surface area contributed by atoms with Gasteiger partial charge in [0.25, 0.3) is 0 Å². The summed E-state index contributed by atoms with van der Waals surface area (Å²) in [4.78, 5) is 4.65. The molecule has 22 heavy (non-hydrogen) atoms. The van der Waals surface area contributed by atoms with E-state index in [1.54, 1.807) is 11.3 Å². The van der Waals surface area contributed by atoms with Crippen molar-refractivity contribution in [2.75, 3.05) is 31.7 Å². The number of benzene rings is 1. The Kier molecular flexibility index (Phi) is 3.86. The molecule has 0 saturated carbocycles. The Morgan fingerprint density at radius 2 is 2.09 bits per heavy atom. The van der Waals surface area contributed by atoms with E-state index in [4.69, 9.17) is 14.2 Å². The van der Waals surface area contributed by atoms with Gasteiger partial charge in [-0.3, -0.25) is 0 Å². The van der Waals surface area contributed by atoms with Gasteiger partial charge >= 0.3 is 0 Å². The number of nitrogens with zero attached hydrogens (tertiary/aromatic N) is 1. The number of nitrogens with one attached hydrogen (secondary N) is 1. The summed E-state index contributed by atoms with van der Waals surface area (Å²) >= 11 is 1.62. The molecule has 2 aliphatic heterocycles. The zero-order chi connectivity index (χ0) is 14.8. The monoisotopic (exact) mass is 318 g/mol. The minimum Gasteiger partial charge on any atom is -0.486 e. The fraction of sp³-hybridized carbons (Fsp3) is 0.438. The van der Waals surface area contributed by atoms with Gasteiger partial charge in [0, 0.05) is 24.1 Å². The third-order valence-corrected chi connectivity index (χ3v) is 4.65. The van der Waals surface area contributed by atoms with Crippen molar-refractivity contribution in [1.82, 2.24) is 4.98 Å². The number of rotatable bonds is 4. The van der Waals surface area contributed by atoms with E-state index in [2.05, 4.69) is 15.7 Å². The summed E-state index contributed by atoms with van der Waals surface area (Å²) in [6.07, 6.45) is 2.61. The molecule has 1 N–H and O–H groups in total. The van der Waals surface area contributed by atoms with Gasteiger partial charge in [0.05, 0.1) is 11.8 Å². The number of anilines is 1. The lowest BCUT2D eigenvalue weighted by atomic mass is 10.1. The predicted molar refractivity (Wildman–Crippen MR) is 86.0 cm³/mol. The Morgan fingerprint density at radius 1 is 1.18 bits per heavy atom. The van der Waals surface area contributed by atoms with Crippen molar-refractivity contribution in [3.63, 3.8) is 0 Å². The number of ether oxygens (including phenoxy) is 3. The van der Waals surface area contributed by atoms with Crippen LogP contribution in [-0.2, 0) is 4.74 Å². The van der Waals surface area contributed by atoms with Gasteiger partial charge < -0.3 is 19.5 Å². The van der Waals surface area contributed by atoms with Gasteiger partial charge in [-0.15, -0.1) is 11.3 Å². The van der Waals surface area contributed by atoms with E-state index in [9.17, 15) is 0 Å². The van der Waals surface area contributed by atoms with Crippen molar-refractivity contribution in [2.24, 2.45) is 0 Å². The van der Waals surface area contributed by atoms with Crippen molar-refractivity contribution in [2.45, 2.75) is 18.9 Å². The van der Waals surface area contributed by atoms with Crippen LogP contribution in [0.5, 0.6) is 11.5 Å². The molecular formula is C16H18N2O3S. The van der Waals surface area contributed by atoms with E-state index in [1.165, 1.54) is 0 Å². The van der Waals surface area contributed by atoms with Crippen LogP contribution in [0.2, 0.25) is 0 Å². The van der Waals surface area contributed by atoms with Crippen LogP contribution < -0.4 is 14.8 Å². The molecule has 0 amide bonds. The van der Waals surface area contributed by atoms with E-state index in [-0.39, 0.29) is 0 Å². The Morgan fingerprint density at radius 3 is 2.95 bits per heavy atom. The van der Waals surface area contributed by atoms with Gasteiger partial charge in [-0.2, -0.15) is 0 Å². The molecule has 0 spiro atoms. The Bertz CT molecular complexity index is 653. The molecule has 116 valence electrons. The second-order valence-corrected chi connectivity index (χ2v) is 6.27. The van der Waals surface area contributed by atoms with Crippen molar-refractivity contribution < 1.29 is 14.2 Å². The third kappa shape index (κ3) is 2.89. The zero-order valence-corrected chi connectivity index (χ0v) is 13.0. The molecule has 0 bridgehead atoms. The summed E-state index contributed by atoms with van der Waals surface area (Å²) in [5, 5.41) is 6.36. The molecule has 1 fully saturated rings. The summed E-state index contributed by atoms with van der Waals surface area (Å²) in [7, 11) is 0. The fourth-order valence-corrected chi connectivity index (χ4v) is 3.43. The number of fused-ring (bicyclic) bond motifs is 1. The topological polar surface area (TPSA) is 52.6 Å². The Labute approximate surface area is 133 Å². The second-order valence-electron chi connectivity index (χ2n) is 5.41. The van der Waals surface area contributed by atoms with Crippen molar-refractivity contribution in [3.05, 3.63) is 23.6 Å². The van der Waals surface area contributed by atoms with Crippen LogP contribution in [0.15, 0.2) is 23.6 Å². The normalized spacial score (nSPS) is 20.1. The molecule has 0 aliphatic carbocycles. The summed E-state index contributed by atoms with van der Waals surface area (Å²) in [6.45, 7) is 2.92. The molecule has 0 radical (unpaired) electrons. The van der Waals surface area contributed by atoms with Crippen LogP contribution in [0, 0.1) is 0 Å². The summed E-state index contributed by atoms with van der Waals surface area (Å²) in [6, 6.07) is 5.96. The van der Waals surface area contributed by atoms with Crippen LogP contribution in [0.4, 0.5) is 5.13 Å². The third-order valence-electron chi connectivity index (χ3n) is 3.85. The quantitative estimate of drug-likeness (QED) is 0.938. The first kappa shape index (κ1) is 13.8. The summed E-state index contributed by atoms with van der Waals surface area (Å²) < 4.78 is 16.8. The number of hydrogen-bond donors (Lipinski definition) is 1. The molecule has 2 aliphatic rings. The van der Waals surface area contributed by atoms with Gasteiger partial charge in [-0.05, 0) is 31.0 Å². The molecule has 4 rings (SSSR count). The van der Waals surface area contributed by atoms with Gasteiger partial charge in [0.1, 0.15) is 13.2 Å². The molecule has 1 atom stereocenters. The average Bonchev–Trinajstić information content (AvgIpc) is 3.24. The first-order valence-corrected chi connectivity index (χ1v) is 8.47. The van der Waals surface area contributed by atoms with Gasteiger partial charge in [-0.25, -0.2) is 4.98 Å². The number of hydrogen-bond acceptors (Lipinski definition) is 6. The van der Waals surface area contributed by atoms with Gasteiger partial charge in [0.2, 0.25) is 0 Å². The standard InChI is InChI=1S/C16H18N2O3S/c1-2-12(19-5-1)9-17-16-18-13(10-22-16)11-3-4-14-15(8-11)21-7-6-20-14/h3-4,8,10,12H,1-2,5-7,9H2,(H,17,18)/t12-/m1/s1. The lowest BCUT2D eigenvalue weighted by molar-refractivity contribution is 0.120. The van der Waals surface area contributed by atoms with Crippen molar-refractivity contribution in [3.8, 4) is 22.8 Å². The minimum absolute atomic E-state index is 0.321. The van der Waals surface area contributed by atoms with Crippen molar-refractivity contribution in [1.29, 1.82) is 0 Å². The summed E-state index contributed by atoms with van der Waals surface area (Å²) in [5.41, 5.74) is 2.00. The number of aromatic nitrogens is 1. The smallest absolute Gasteiger partial charge is 0.183 e. The first-order valence-electron chi connectivity index (χ1n) is 7.59. The Hall–Kier alpha value is -1.79. The zero-order valence-electron chi connectivity index (χ0n) is 12.2. The van der Waals surface area contributed by atoms with Gasteiger partial charge in [-0.1, -0.05) is 0 Å². The average molecular weight is 318 g/mol. The minimum atomic E-state index is 0.321.